The molecular weight excluding hydrogens is 308 g/mol. The second kappa shape index (κ2) is 5.38. The molecule has 128 valence electrons. The van der Waals surface area contributed by atoms with Crippen molar-refractivity contribution in [1.82, 2.24) is 19.7 Å². The molecule has 0 unspecified atom stereocenters. The summed E-state index contributed by atoms with van der Waals surface area (Å²) in [6.07, 6.45) is 6.37. The van der Waals surface area contributed by atoms with Crippen molar-refractivity contribution in [1.29, 1.82) is 0 Å². The van der Waals surface area contributed by atoms with Crippen LogP contribution < -0.4 is 0 Å². The SMILES string of the molecule is CC(C)(c1ccc2ccccc2n1)c1nnc(C2CCC2)n1C1CC1. The third-order valence-corrected chi connectivity index (χ3v) is 5.90. The van der Waals surface area contributed by atoms with E-state index in [2.05, 4.69) is 58.9 Å². The first-order valence-corrected chi connectivity index (χ1v) is 9.46. The second-order valence-corrected chi connectivity index (χ2v) is 8.13. The molecule has 0 saturated heterocycles. The summed E-state index contributed by atoms with van der Waals surface area (Å²) in [6.45, 7) is 4.47. The zero-order valence-corrected chi connectivity index (χ0v) is 14.9. The van der Waals surface area contributed by atoms with Crippen LogP contribution in [0.25, 0.3) is 10.9 Å². The van der Waals surface area contributed by atoms with Gasteiger partial charge in [-0.15, -0.1) is 10.2 Å². The van der Waals surface area contributed by atoms with Crippen LogP contribution in [-0.2, 0) is 5.41 Å². The van der Waals surface area contributed by atoms with Crippen molar-refractivity contribution in [2.75, 3.05) is 0 Å². The van der Waals surface area contributed by atoms with E-state index in [1.807, 2.05) is 6.07 Å². The first kappa shape index (κ1) is 15.1. The van der Waals surface area contributed by atoms with Crippen molar-refractivity contribution in [2.24, 2.45) is 0 Å². The van der Waals surface area contributed by atoms with Gasteiger partial charge in [0.05, 0.1) is 16.6 Å². The number of pyridine rings is 1. The molecule has 0 N–H and O–H groups in total. The van der Waals surface area contributed by atoms with Gasteiger partial charge >= 0.3 is 0 Å². The molecule has 0 radical (unpaired) electrons. The third-order valence-electron chi connectivity index (χ3n) is 5.90. The fourth-order valence-corrected chi connectivity index (χ4v) is 3.90. The zero-order chi connectivity index (χ0) is 17.0. The molecule has 2 aliphatic carbocycles. The minimum Gasteiger partial charge on any atom is -0.311 e. The van der Waals surface area contributed by atoms with Crippen LogP contribution in [0.1, 0.15) is 75.3 Å². The Labute approximate surface area is 148 Å². The monoisotopic (exact) mass is 332 g/mol. The molecule has 0 aliphatic heterocycles. The van der Waals surface area contributed by atoms with Crippen LogP contribution in [0.4, 0.5) is 0 Å². The number of fused-ring (bicyclic) bond motifs is 1. The lowest BCUT2D eigenvalue weighted by atomic mass is 9.84. The minimum atomic E-state index is -0.248. The summed E-state index contributed by atoms with van der Waals surface area (Å²) in [4.78, 5) is 4.95. The van der Waals surface area contributed by atoms with E-state index in [0.717, 1.165) is 17.0 Å². The quantitative estimate of drug-likeness (QED) is 0.692. The summed E-state index contributed by atoms with van der Waals surface area (Å²) < 4.78 is 2.46. The van der Waals surface area contributed by atoms with Crippen LogP contribution >= 0.6 is 0 Å². The molecule has 5 rings (SSSR count). The lowest BCUT2D eigenvalue weighted by Gasteiger charge is -2.28. The van der Waals surface area contributed by atoms with Gasteiger partial charge in [0.25, 0.3) is 0 Å². The Morgan fingerprint density at radius 3 is 2.48 bits per heavy atom. The Bertz CT molecular complexity index is 932. The Morgan fingerprint density at radius 1 is 0.960 bits per heavy atom. The zero-order valence-electron chi connectivity index (χ0n) is 14.9. The smallest absolute Gasteiger partial charge is 0.145 e. The highest BCUT2D eigenvalue weighted by molar-refractivity contribution is 5.78. The Balaban J connectivity index is 1.61. The van der Waals surface area contributed by atoms with Crippen molar-refractivity contribution >= 4 is 10.9 Å². The average molecular weight is 332 g/mol. The summed E-state index contributed by atoms with van der Waals surface area (Å²) in [5, 5.41) is 10.5. The first-order chi connectivity index (χ1) is 12.1. The Morgan fingerprint density at radius 2 is 1.76 bits per heavy atom. The lowest BCUT2D eigenvalue weighted by molar-refractivity contribution is 0.381. The van der Waals surface area contributed by atoms with Crippen molar-refractivity contribution in [3.8, 4) is 0 Å². The molecule has 3 aromatic rings. The highest BCUT2D eigenvalue weighted by Crippen LogP contribution is 2.45. The van der Waals surface area contributed by atoms with Gasteiger partial charge in [0, 0.05) is 17.3 Å². The van der Waals surface area contributed by atoms with Gasteiger partial charge in [-0.05, 0) is 51.7 Å². The fraction of sp³-hybridized carbons (Fsp3) is 0.476. The molecule has 4 heteroatoms. The van der Waals surface area contributed by atoms with Crippen LogP contribution in [0.3, 0.4) is 0 Å². The van der Waals surface area contributed by atoms with Crippen LogP contribution in [0.5, 0.6) is 0 Å². The van der Waals surface area contributed by atoms with Crippen molar-refractivity contribution in [3.63, 3.8) is 0 Å². The molecule has 0 spiro atoms. The average Bonchev–Trinajstić information content (AvgIpc) is 3.32. The summed E-state index contributed by atoms with van der Waals surface area (Å²) in [7, 11) is 0. The summed E-state index contributed by atoms with van der Waals surface area (Å²) in [5.74, 6) is 2.92. The molecule has 0 atom stereocenters. The first-order valence-electron chi connectivity index (χ1n) is 9.46. The van der Waals surface area contributed by atoms with Gasteiger partial charge in [-0.25, -0.2) is 0 Å². The molecule has 2 aromatic heterocycles. The highest BCUT2D eigenvalue weighted by atomic mass is 15.3. The van der Waals surface area contributed by atoms with E-state index >= 15 is 0 Å². The standard InChI is InChI=1S/C21H24N4/c1-21(2,18-13-10-14-6-3-4-9-17(14)22-18)20-24-23-19(15-7-5-8-15)25(20)16-11-12-16/h3-4,6,9-10,13,15-16H,5,7-8,11-12H2,1-2H3. The van der Waals surface area contributed by atoms with E-state index < -0.39 is 0 Å². The predicted octanol–water partition coefficient (Wildman–Crippen LogP) is 4.75. The number of hydrogen-bond acceptors (Lipinski definition) is 3. The summed E-state index contributed by atoms with van der Waals surface area (Å²) >= 11 is 0. The predicted molar refractivity (Wildman–Crippen MR) is 98.8 cm³/mol. The minimum absolute atomic E-state index is 0.248. The number of aromatic nitrogens is 4. The third kappa shape index (κ3) is 2.38. The summed E-state index contributed by atoms with van der Waals surface area (Å²) in [6, 6.07) is 13.2. The van der Waals surface area contributed by atoms with E-state index in [-0.39, 0.29) is 5.41 Å². The summed E-state index contributed by atoms with van der Waals surface area (Å²) in [5.41, 5.74) is 1.87. The Hall–Kier alpha value is -2.23. The maximum absolute atomic E-state index is 4.95. The number of benzene rings is 1. The second-order valence-electron chi connectivity index (χ2n) is 8.13. The van der Waals surface area contributed by atoms with E-state index in [1.165, 1.54) is 43.3 Å². The lowest BCUT2D eigenvalue weighted by Crippen LogP contribution is -2.27. The number of hydrogen-bond donors (Lipinski definition) is 0. The number of nitrogens with zero attached hydrogens (tertiary/aromatic N) is 4. The topological polar surface area (TPSA) is 43.6 Å². The molecule has 2 heterocycles. The largest absolute Gasteiger partial charge is 0.311 e. The van der Waals surface area contributed by atoms with E-state index in [1.54, 1.807) is 0 Å². The number of rotatable bonds is 4. The van der Waals surface area contributed by atoms with Crippen LogP contribution in [0.2, 0.25) is 0 Å². The fourth-order valence-electron chi connectivity index (χ4n) is 3.90. The van der Waals surface area contributed by atoms with Gasteiger partial charge in [0.1, 0.15) is 11.6 Å². The van der Waals surface area contributed by atoms with Crippen molar-refractivity contribution < 1.29 is 0 Å². The van der Waals surface area contributed by atoms with Gasteiger partial charge in [-0.2, -0.15) is 0 Å². The molecule has 2 fully saturated rings. The molecule has 2 aliphatic rings. The van der Waals surface area contributed by atoms with Crippen molar-refractivity contribution in [2.45, 2.75) is 63.3 Å². The van der Waals surface area contributed by atoms with Gasteiger partial charge in [-0.1, -0.05) is 30.7 Å². The molecule has 0 amide bonds. The van der Waals surface area contributed by atoms with Crippen LogP contribution in [0, 0.1) is 0 Å². The van der Waals surface area contributed by atoms with Crippen LogP contribution in [-0.4, -0.2) is 19.7 Å². The maximum Gasteiger partial charge on any atom is 0.145 e. The molecular formula is C21H24N4. The molecule has 0 bridgehead atoms. The van der Waals surface area contributed by atoms with Gasteiger partial charge in [0.2, 0.25) is 0 Å². The van der Waals surface area contributed by atoms with E-state index in [4.69, 9.17) is 4.98 Å². The van der Waals surface area contributed by atoms with Gasteiger partial charge in [-0.3, -0.25) is 4.98 Å². The highest BCUT2D eigenvalue weighted by Gasteiger charge is 2.39. The van der Waals surface area contributed by atoms with Gasteiger partial charge in [0.15, 0.2) is 0 Å². The van der Waals surface area contributed by atoms with Crippen molar-refractivity contribution in [3.05, 3.63) is 53.7 Å². The normalized spacial score (nSPS) is 18.5. The number of para-hydroxylation sites is 1. The molecule has 25 heavy (non-hydrogen) atoms. The molecule has 2 saturated carbocycles. The maximum atomic E-state index is 4.95. The molecule has 4 nitrogen and oxygen atoms in total. The van der Waals surface area contributed by atoms with E-state index in [0.29, 0.717) is 12.0 Å². The molecule has 1 aromatic carbocycles. The Kier molecular flexibility index (Phi) is 3.24. The van der Waals surface area contributed by atoms with Crippen LogP contribution in [0.15, 0.2) is 36.4 Å². The van der Waals surface area contributed by atoms with E-state index in [9.17, 15) is 0 Å². The van der Waals surface area contributed by atoms with Gasteiger partial charge < -0.3 is 4.57 Å².